The summed E-state index contributed by atoms with van der Waals surface area (Å²) < 4.78 is 6.07. The number of nitrogen functional groups attached to an aromatic ring is 1. The Morgan fingerprint density at radius 2 is 2.39 bits per heavy atom. The van der Waals surface area contributed by atoms with E-state index in [1.54, 1.807) is 10.9 Å². The van der Waals surface area contributed by atoms with Gasteiger partial charge in [-0.2, -0.15) is 9.56 Å². The van der Waals surface area contributed by atoms with Gasteiger partial charge in [0.05, 0.1) is 19.3 Å². The number of hydrogen-bond acceptors (Lipinski definition) is 8. The third-order valence-corrected chi connectivity index (χ3v) is 5.10. The first kappa shape index (κ1) is 15.7. The molecule has 0 unspecified atom stereocenters. The molecule has 0 radical (unpaired) electrons. The summed E-state index contributed by atoms with van der Waals surface area (Å²) >= 11 is 1.23. The van der Waals surface area contributed by atoms with Gasteiger partial charge in [-0.3, -0.25) is 0 Å². The maximum absolute atomic E-state index is 10.2. The Morgan fingerprint density at radius 1 is 1.61 bits per heavy atom. The summed E-state index contributed by atoms with van der Waals surface area (Å²) in [6.07, 6.45) is 6.47. The topological polar surface area (TPSA) is 117 Å². The summed E-state index contributed by atoms with van der Waals surface area (Å²) in [6, 6.07) is 0. The molecule has 2 atom stereocenters. The number of terminal acetylenes is 1. The highest BCUT2D eigenvalue weighted by Crippen LogP contribution is 2.44. The first-order valence-electron chi connectivity index (χ1n) is 7.00. The van der Waals surface area contributed by atoms with Crippen LogP contribution in [0.1, 0.15) is 13.3 Å². The number of aromatic nitrogens is 2. The molecule has 1 aromatic rings. The average molecular weight is 334 g/mol. The fourth-order valence-corrected chi connectivity index (χ4v) is 3.65. The molecular formula is C14H16N5O3S+. The Morgan fingerprint density at radius 3 is 3.00 bits per heavy atom. The van der Waals surface area contributed by atoms with Gasteiger partial charge in [-0.25, -0.2) is 0 Å². The van der Waals surface area contributed by atoms with E-state index >= 15 is 0 Å². The highest BCUT2D eigenvalue weighted by molar-refractivity contribution is 8.15. The van der Waals surface area contributed by atoms with Crippen LogP contribution in [-0.2, 0) is 0 Å². The van der Waals surface area contributed by atoms with Crippen molar-refractivity contribution < 1.29 is 19.5 Å². The molecule has 1 aromatic heterocycles. The number of aliphatic hydroxyl groups excluding tert-OH is 2. The molecule has 9 heteroatoms. The molecule has 2 aliphatic heterocycles. The monoisotopic (exact) mass is 334 g/mol. The molecule has 4 N–H and O–H groups in total. The van der Waals surface area contributed by atoms with Crippen molar-refractivity contribution in [3.8, 4) is 18.2 Å². The molecule has 0 amide bonds. The number of ether oxygens (including phenoxy) is 1. The second-order valence-electron chi connectivity index (χ2n) is 5.01. The number of thioether (sulfide) groups is 1. The lowest BCUT2D eigenvalue weighted by Crippen LogP contribution is -2.36. The summed E-state index contributed by atoms with van der Waals surface area (Å²) in [5.74, 6) is 3.34. The van der Waals surface area contributed by atoms with Crippen LogP contribution in [0.2, 0.25) is 0 Å². The lowest BCUT2D eigenvalue weighted by atomic mass is 10.0. The number of nitrogens with zero attached hydrogens (tertiary/aromatic N) is 4. The highest BCUT2D eigenvalue weighted by Gasteiger charge is 2.47. The summed E-state index contributed by atoms with van der Waals surface area (Å²) in [6.45, 7) is 1.93. The minimum atomic E-state index is -1.06. The van der Waals surface area contributed by atoms with Crippen LogP contribution in [0.3, 0.4) is 0 Å². The van der Waals surface area contributed by atoms with Crippen LogP contribution in [0.15, 0.2) is 4.99 Å². The van der Waals surface area contributed by atoms with Crippen molar-refractivity contribution in [3.05, 3.63) is 0 Å². The van der Waals surface area contributed by atoms with Gasteiger partial charge >= 0.3 is 11.8 Å². The van der Waals surface area contributed by atoms with E-state index in [1.807, 2.05) is 6.92 Å². The van der Waals surface area contributed by atoms with Gasteiger partial charge in [0.1, 0.15) is 9.79 Å². The SMILES string of the molecule is C#C[C@]1(CO)SC(=[N+]2C=Nc3c(OCC)nc(N)nc32)C[C@@H]1O. The first-order valence-corrected chi connectivity index (χ1v) is 7.81. The fraction of sp³-hybridized carbons (Fsp3) is 0.429. The summed E-state index contributed by atoms with van der Waals surface area (Å²) in [7, 11) is 0. The van der Waals surface area contributed by atoms with E-state index in [-0.39, 0.29) is 19.0 Å². The van der Waals surface area contributed by atoms with Crippen LogP contribution in [0.25, 0.3) is 0 Å². The van der Waals surface area contributed by atoms with Crippen LogP contribution in [-0.4, -0.2) is 60.2 Å². The second-order valence-corrected chi connectivity index (χ2v) is 6.42. The molecule has 8 nitrogen and oxygen atoms in total. The van der Waals surface area contributed by atoms with Gasteiger partial charge in [0.15, 0.2) is 0 Å². The molecular weight excluding hydrogens is 318 g/mol. The quantitative estimate of drug-likeness (QED) is 0.527. The number of hydrogen-bond donors (Lipinski definition) is 3. The van der Waals surface area contributed by atoms with Gasteiger partial charge in [0, 0.05) is 6.42 Å². The van der Waals surface area contributed by atoms with Crippen LogP contribution < -0.4 is 10.5 Å². The predicted octanol–water partition coefficient (Wildman–Crippen LogP) is 0.0355. The Bertz CT molecular complexity index is 758. The number of anilines is 1. The van der Waals surface area contributed by atoms with Crippen molar-refractivity contribution in [3.63, 3.8) is 0 Å². The number of nitrogens with two attached hydrogens (primary N) is 1. The maximum Gasteiger partial charge on any atom is 0.320 e. The molecule has 2 aliphatic rings. The van der Waals surface area contributed by atoms with E-state index in [2.05, 4.69) is 20.9 Å². The Kier molecular flexibility index (Phi) is 3.97. The number of rotatable bonds is 3. The lowest BCUT2D eigenvalue weighted by Gasteiger charge is -2.21. The molecule has 0 aromatic carbocycles. The van der Waals surface area contributed by atoms with Crippen molar-refractivity contribution in [1.82, 2.24) is 9.97 Å². The number of aliphatic imine (C=N–C) groups is 1. The number of fused-ring (bicyclic) bond motifs is 1. The largest absolute Gasteiger partial charge is 0.475 e. The van der Waals surface area contributed by atoms with Crippen molar-refractivity contribution in [1.29, 1.82) is 0 Å². The van der Waals surface area contributed by atoms with Crippen LogP contribution in [0, 0.1) is 12.3 Å². The molecule has 1 saturated heterocycles. The van der Waals surface area contributed by atoms with Gasteiger partial charge in [-0.15, -0.1) is 6.42 Å². The maximum atomic E-state index is 10.2. The molecule has 1 fully saturated rings. The zero-order valence-corrected chi connectivity index (χ0v) is 13.2. The van der Waals surface area contributed by atoms with E-state index in [9.17, 15) is 10.2 Å². The van der Waals surface area contributed by atoms with E-state index in [0.29, 0.717) is 24.0 Å². The summed E-state index contributed by atoms with van der Waals surface area (Å²) in [5, 5.41) is 20.5. The number of aliphatic hydroxyl groups is 2. The standard InChI is InChI=1S/C14H16N5O3S/c1-3-14(6-20)8(21)5-9(23-14)19-7-16-10-11(19)17-13(15)18-12(10)22-4-2/h1,7-8,20-21H,4-6H2,2H3,(H2,15,17,18)/q+1/t8-,14+/m0/s1. The lowest BCUT2D eigenvalue weighted by molar-refractivity contribution is -0.292. The highest BCUT2D eigenvalue weighted by atomic mass is 32.2. The van der Waals surface area contributed by atoms with Gasteiger partial charge in [0.2, 0.25) is 6.34 Å². The van der Waals surface area contributed by atoms with E-state index in [4.69, 9.17) is 16.9 Å². The van der Waals surface area contributed by atoms with Gasteiger partial charge in [-0.1, -0.05) is 27.7 Å². The summed E-state index contributed by atoms with van der Waals surface area (Å²) in [5.41, 5.74) is 6.21. The zero-order chi connectivity index (χ0) is 16.6. The van der Waals surface area contributed by atoms with E-state index in [0.717, 1.165) is 5.04 Å². The molecule has 0 saturated carbocycles. The molecule has 0 bridgehead atoms. The predicted molar refractivity (Wildman–Crippen MR) is 87.6 cm³/mol. The van der Waals surface area contributed by atoms with Crippen molar-refractivity contribution in [2.75, 3.05) is 18.9 Å². The summed E-state index contributed by atoms with van der Waals surface area (Å²) in [4.78, 5) is 12.5. The normalized spacial score (nSPS) is 28.7. The van der Waals surface area contributed by atoms with Gasteiger partial charge in [0.25, 0.3) is 11.6 Å². The van der Waals surface area contributed by atoms with E-state index < -0.39 is 10.9 Å². The third-order valence-electron chi connectivity index (χ3n) is 3.62. The molecule has 3 heterocycles. The van der Waals surface area contributed by atoms with Crippen LogP contribution in [0.5, 0.6) is 5.88 Å². The van der Waals surface area contributed by atoms with Crippen molar-refractivity contribution in [2.45, 2.75) is 24.2 Å². The molecule has 23 heavy (non-hydrogen) atoms. The second kappa shape index (κ2) is 5.81. The Labute approximate surface area is 137 Å². The van der Waals surface area contributed by atoms with Crippen LogP contribution in [0.4, 0.5) is 17.5 Å². The third kappa shape index (κ3) is 2.45. The zero-order valence-electron chi connectivity index (χ0n) is 12.4. The smallest absolute Gasteiger partial charge is 0.320 e. The minimum Gasteiger partial charge on any atom is -0.475 e. The molecule has 3 rings (SSSR count). The van der Waals surface area contributed by atoms with Crippen LogP contribution >= 0.6 is 11.8 Å². The minimum absolute atomic E-state index is 0.0669. The Hall–Kier alpha value is -2.15. The van der Waals surface area contributed by atoms with Gasteiger partial charge in [-0.05, 0) is 6.92 Å². The molecule has 0 spiro atoms. The van der Waals surface area contributed by atoms with E-state index in [1.165, 1.54) is 11.8 Å². The first-order chi connectivity index (χ1) is 11.0. The average Bonchev–Trinajstić information content (AvgIpc) is 3.09. The van der Waals surface area contributed by atoms with Crippen molar-refractivity contribution in [2.24, 2.45) is 4.99 Å². The molecule has 0 aliphatic carbocycles. The van der Waals surface area contributed by atoms with Crippen molar-refractivity contribution >= 4 is 40.6 Å². The molecule has 120 valence electrons. The fourth-order valence-electron chi connectivity index (χ4n) is 2.42. The van der Waals surface area contributed by atoms with Gasteiger partial charge < -0.3 is 20.7 Å². The Balaban J connectivity index is 2.07.